The van der Waals surface area contributed by atoms with Crippen LogP contribution in [0.1, 0.15) is 32.8 Å². The predicted octanol–water partition coefficient (Wildman–Crippen LogP) is 6.90. The normalized spacial score (nSPS) is 13.4. The first-order valence-electron chi connectivity index (χ1n) is 9.23. The summed E-state index contributed by atoms with van der Waals surface area (Å²) in [5.74, 6) is 0.758. The average Bonchev–Trinajstić information content (AvgIpc) is 2.60. The van der Waals surface area contributed by atoms with Crippen LogP contribution in [-0.2, 0) is 10.8 Å². The number of aryl methyl sites for hydroxylation is 1. The van der Waals surface area contributed by atoms with Crippen LogP contribution >= 0.6 is 27.5 Å². The molecule has 0 aliphatic rings. The number of halogens is 2. The van der Waals surface area contributed by atoms with Gasteiger partial charge in [-0.15, -0.1) is 0 Å². The minimum Gasteiger partial charge on any atom is -0.491 e. The summed E-state index contributed by atoms with van der Waals surface area (Å²) in [4.78, 5) is 4.21. The van der Waals surface area contributed by atoms with Crippen LogP contribution in [0.15, 0.2) is 47.2 Å². The van der Waals surface area contributed by atoms with E-state index in [0.717, 1.165) is 23.1 Å². The zero-order valence-corrected chi connectivity index (χ0v) is 20.1. The van der Waals surface area contributed by atoms with Gasteiger partial charge < -0.3 is 9.16 Å². The van der Waals surface area contributed by atoms with Gasteiger partial charge in [-0.1, -0.05) is 38.4 Å². The summed E-state index contributed by atoms with van der Waals surface area (Å²) in [6, 6.07) is 9.72. The van der Waals surface area contributed by atoms with Gasteiger partial charge in [0.1, 0.15) is 12.4 Å². The van der Waals surface area contributed by atoms with Crippen molar-refractivity contribution in [3.8, 4) is 5.75 Å². The topological polar surface area (TPSA) is 31.4 Å². The third kappa shape index (κ3) is 6.90. The smallest absolute Gasteiger partial charge is 0.192 e. The van der Waals surface area contributed by atoms with E-state index in [1.54, 1.807) is 6.20 Å². The van der Waals surface area contributed by atoms with Gasteiger partial charge in [0.15, 0.2) is 8.32 Å². The van der Waals surface area contributed by atoms with E-state index in [1.807, 2.05) is 30.5 Å². The highest BCUT2D eigenvalue weighted by molar-refractivity contribution is 9.10. The van der Waals surface area contributed by atoms with Crippen molar-refractivity contribution in [3.05, 3.63) is 57.8 Å². The Bertz CT molecular complexity index is 735. The predicted molar refractivity (Wildman–Crippen MR) is 119 cm³/mol. The van der Waals surface area contributed by atoms with Gasteiger partial charge in [0.05, 0.1) is 11.1 Å². The van der Waals surface area contributed by atoms with Gasteiger partial charge in [-0.05, 0) is 76.7 Å². The van der Waals surface area contributed by atoms with Crippen LogP contribution in [0.3, 0.4) is 0 Å². The van der Waals surface area contributed by atoms with E-state index in [4.69, 9.17) is 20.8 Å². The maximum atomic E-state index is 6.65. The minimum absolute atomic E-state index is 0.0218. The lowest BCUT2D eigenvalue weighted by Crippen LogP contribution is -2.45. The van der Waals surface area contributed by atoms with Gasteiger partial charge in [0, 0.05) is 16.9 Å². The van der Waals surface area contributed by atoms with E-state index in [0.29, 0.717) is 11.6 Å². The second kappa shape index (κ2) is 9.55. The first kappa shape index (κ1) is 22.4. The zero-order valence-electron chi connectivity index (χ0n) is 16.8. The molecule has 1 atom stereocenters. The van der Waals surface area contributed by atoms with Crippen molar-refractivity contribution >= 4 is 35.8 Å². The van der Waals surface area contributed by atoms with Crippen molar-refractivity contribution in [2.24, 2.45) is 0 Å². The molecule has 0 saturated carbocycles. The van der Waals surface area contributed by atoms with Crippen molar-refractivity contribution in [3.63, 3.8) is 0 Å². The SMILES string of the molecule is CC(C)(C)[Si](C)(C)OC(CCc1cccnc1)COc1ccc(Br)c(Cl)c1. The number of pyridine rings is 1. The van der Waals surface area contributed by atoms with Crippen molar-refractivity contribution < 1.29 is 9.16 Å². The monoisotopic (exact) mass is 469 g/mol. The maximum absolute atomic E-state index is 6.65. The second-order valence-electron chi connectivity index (χ2n) is 8.29. The highest BCUT2D eigenvalue weighted by Gasteiger charge is 2.39. The van der Waals surface area contributed by atoms with Crippen LogP contribution in [0.5, 0.6) is 5.75 Å². The fraction of sp³-hybridized carbons (Fsp3) is 0.476. The van der Waals surface area contributed by atoms with Gasteiger partial charge in [-0.2, -0.15) is 0 Å². The number of aromatic nitrogens is 1. The van der Waals surface area contributed by atoms with Gasteiger partial charge >= 0.3 is 0 Å². The molecule has 0 radical (unpaired) electrons. The first-order chi connectivity index (χ1) is 12.6. The van der Waals surface area contributed by atoms with Gasteiger partial charge in [0.2, 0.25) is 0 Å². The molecule has 0 aliphatic heterocycles. The molecular weight excluding hydrogens is 442 g/mol. The highest BCUT2D eigenvalue weighted by Crippen LogP contribution is 2.38. The number of hydrogen-bond donors (Lipinski definition) is 0. The Hall–Kier alpha value is -0.883. The lowest BCUT2D eigenvalue weighted by atomic mass is 10.1. The molecule has 1 aromatic heterocycles. The Labute approximate surface area is 177 Å². The molecule has 1 aromatic carbocycles. The van der Waals surface area contributed by atoms with Crippen LogP contribution in [0.2, 0.25) is 23.2 Å². The number of nitrogens with zero attached hydrogens (tertiary/aromatic N) is 1. The summed E-state index contributed by atoms with van der Waals surface area (Å²) in [6.45, 7) is 11.8. The van der Waals surface area contributed by atoms with Crippen LogP contribution in [-0.4, -0.2) is 26.0 Å². The van der Waals surface area contributed by atoms with E-state index in [-0.39, 0.29) is 11.1 Å². The summed E-state index contributed by atoms with van der Waals surface area (Å²) in [5, 5.41) is 0.797. The van der Waals surface area contributed by atoms with Gasteiger partial charge in [-0.3, -0.25) is 4.98 Å². The molecule has 0 fully saturated rings. The Morgan fingerprint density at radius 3 is 2.56 bits per heavy atom. The van der Waals surface area contributed by atoms with E-state index in [9.17, 15) is 0 Å². The van der Waals surface area contributed by atoms with Crippen LogP contribution in [0.25, 0.3) is 0 Å². The number of rotatable bonds is 8. The molecule has 0 aliphatic carbocycles. The molecule has 0 bridgehead atoms. The molecule has 1 heterocycles. The third-order valence-electron chi connectivity index (χ3n) is 5.07. The molecule has 0 saturated heterocycles. The molecule has 0 amide bonds. The fourth-order valence-corrected chi connectivity index (χ4v) is 4.19. The van der Waals surface area contributed by atoms with E-state index in [1.165, 1.54) is 5.56 Å². The van der Waals surface area contributed by atoms with E-state index >= 15 is 0 Å². The lowest BCUT2D eigenvalue weighted by Gasteiger charge is -2.39. The maximum Gasteiger partial charge on any atom is 0.192 e. The fourth-order valence-electron chi connectivity index (χ4n) is 2.40. The highest BCUT2D eigenvalue weighted by atomic mass is 79.9. The first-order valence-corrected chi connectivity index (χ1v) is 13.3. The number of hydrogen-bond acceptors (Lipinski definition) is 3. The summed E-state index contributed by atoms with van der Waals surface area (Å²) in [6.07, 6.45) is 5.54. The van der Waals surface area contributed by atoms with Crippen molar-refractivity contribution in [1.29, 1.82) is 0 Å². The third-order valence-corrected chi connectivity index (χ3v) is 10.8. The summed E-state index contributed by atoms with van der Waals surface area (Å²) in [5.41, 5.74) is 1.22. The summed E-state index contributed by atoms with van der Waals surface area (Å²) >= 11 is 9.59. The van der Waals surface area contributed by atoms with Crippen LogP contribution in [0.4, 0.5) is 0 Å². The Balaban J connectivity index is 2.06. The van der Waals surface area contributed by atoms with E-state index < -0.39 is 8.32 Å². The molecule has 0 spiro atoms. The summed E-state index contributed by atoms with van der Waals surface area (Å²) < 4.78 is 13.5. The second-order valence-corrected chi connectivity index (χ2v) is 14.3. The lowest BCUT2D eigenvalue weighted by molar-refractivity contribution is 0.108. The molecule has 2 aromatic rings. The molecule has 6 heteroatoms. The van der Waals surface area contributed by atoms with Crippen LogP contribution < -0.4 is 4.74 Å². The van der Waals surface area contributed by atoms with Crippen molar-refractivity contribution in [2.45, 2.75) is 57.8 Å². The Morgan fingerprint density at radius 2 is 1.96 bits per heavy atom. The molecule has 3 nitrogen and oxygen atoms in total. The van der Waals surface area contributed by atoms with Crippen molar-refractivity contribution in [1.82, 2.24) is 4.98 Å². The molecular formula is C21H29BrClNO2Si. The minimum atomic E-state index is -1.89. The van der Waals surface area contributed by atoms with Gasteiger partial charge in [-0.25, -0.2) is 0 Å². The number of ether oxygens (including phenoxy) is 1. The quantitative estimate of drug-likeness (QED) is 0.393. The molecule has 27 heavy (non-hydrogen) atoms. The average molecular weight is 471 g/mol. The molecule has 0 N–H and O–H groups in total. The van der Waals surface area contributed by atoms with Crippen LogP contribution in [0, 0.1) is 0 Å². The molecule has 148 valence electrons. The molecule has 2 rings (SSSR count). The van der Waals surface area contributed by atoms with Crippen molar-refractivity contribution in [2.75, 3.05) is 6.61 Å². The Morgan fingerprint density at radius 1 is 1.22 bits per heavy atom. The zero-order chi connectivity index (χ0) is 20.1. The van der Waals surface area contributed by atoms with E-state index in [2.05, 4.69) is 60.8 Å². The summed E-state index contributed by atoms with van der Waals surface area (Å²) in [7, 11) is -1.89. The Kier molecular flexibility index (Phi) is 7.92. The van der Waals surface area contributed by atoms with Gasteiger partial charge in [0.25, 0.3) is 0 Å². The number of benzene rings is 1. The largest absolute Gasteiger partial charge is 0.491 e. The molecule has 1 unspecified atom stereocenters. The standard InChI is InChI=1S/C21H29BrClNO2Si/c1-21(2,3)27(4,5)26-18(9-8-16-7-6-12-24-14-16)15-25-17-10-11-19(22)20(23)13-17/h6-7,10-14,18H,8-9,15H2,1-5H3.